The SMILES string of the molecule is CCC(=O)/C=C\C(=O)NCc1cn(CCC(=O)OCC(C)C)nn1. The first-order valence-electron chi connectivity index (χ1n) is 7.94. The molecule has 0 aliphatic carbocycles. The average Bonchev–Trinajstić information content (AvgIpc) is 3.01. The van der Waals surface area contributed by atoms with Crippen LogP contribution in [0.1, 0.15) is 39.3 Å². The van der Waals surface area contributed by atoms with Crippen LogP contribution < -0.4 is 5.32 Å². The van der Waals surface area contributed by atoms with Crippen molar-refractivity contribution in [3.05, 3.63) is 24.0 Å². The first-order chi connectivity index (χ1) is 11.4. The summed E-state index contributed by atoms with van der Waals surface area (Å²) in [6, 6.07) is 0. The average molecular weight is 336 g/mol. The molecule has 24 heavy (non-hydrogen) atoms. The molecule has 0 saturated carbocycles. The van der Waals surface area contributed by atoms with Crippen molar-refractivity contribution in [3.8, 4) is 0 Å². The van der Waals surface area contributed by atoms with Gasteiger partial charge in [0.15, 0.2) is 5.78 Å². The predicted molar refractivity (Wildman–Crippen MR) is 86.7 cm³/mol. The van der Waals surface area contributed by atoms with Gasteiger partial charge in [0.25, 0.3) is 0 Å². The van der Waals surface area contributed by atoms with Crippen LogP contribution in [-0.4, -0.2) is 39.3 Å². The maximum atomic E-state index is 11.5. The third-order valence-corrected chi connectivity index (χ3v) is 2.92. The van der Waals surface area contributed by atoms with Gasteiger partial charge in [-0.25, -0.2) is 0 Å². The van der Waals surface area contributed by atoms with E-state index >= 15 is 0 Å². The third-order valence-electron chi connectivity index (χ3n) is 2.92. The van der Waals surface area contributed by atoms with Crippen molar-refractivity contribution in [3.63, 3.8) is 0 Å². The number of aromatic nitrogens is 3. The molecule has 1 aromatic heterocycles. The molecule has 0 aliphatic rings. The van der Waals surface area contributed by atoms with Crippen molar-refractivity contribution >= 4 is 17.7 Å². The predicted octanol–water partition coefficient (Wildman–Crippen LogP) is 1.02. The van der Waals surface area contributed by atoms with Crippen LogP contribution in [0.15, 0.2) is 18.3 Å². The zero-order valence-corrected chi connectivity index (χ0v) is 14.3. The van der Waals surface area contributed by atoms with Gasteiger partial charge in [-0.15, -0.1) is 5.10 Å². The Morgan fingerprint density at radius 1 is 1.33 bits per heavy atom. The Morgan fingerprint density at radius 3 is 2.75 bits per heavy atom. The van der Waals surface area contributed by atoms with E-state index in [2.05, 4.69) is 15.6 Å². The summed E-state index contributed by atoms with van der Waals surface area (Å²) in [6.45, 7) is 6.63. The molecular weight excluding hydrogens is 312 g/mol. The van der Waals surface area contributed by atoms with Gasteiger partial charge in [0.05, 0.1) is 32.3 Å². The van der Waals surface area contributed by atoms with Crippen molar-refractivity contribution in [2.75, 3.05) is 6.61 Å². The molecule has 132 valence electrons. The number of ether oxygens (including phenoxy) is 1. The Morgan fingerprint density at radius 2 is 2.08 bits per heavy atom. The van der Waals surface area contributed by atoms with Gasteiger partial charge in [-0.1, -0.05) is 26.0 Å². The Hall–Kier alpha value is -2.51. The summed E-state index contributed by atoms with van der Waals surface area (Å²) in [4.78, 5) is 34.1. The zero-order chi connectivity index (χ0) is 17.9. The first kappa shape index (κ1) is 19.5. The standard InChI is InChI=1S/C16H24N4O4/c1-4-14(21)5-6-15(22)17-9-13-10-20(19-18-13)8-7-16(23)24-11-12(2)3/h5-6,10,12H,4,7-9,11H2,1-3H3,(H,17,22)/b6-5-. The van der Waals surface area contributed by atoms with Crippen molar-refractivity contribution in [2.45, 2.75) is 46.7 Å². The minimum atomic E-state index is -0.372. The molecule has 0 spiro atoms. The molecule has 0 bridgehead atoms. The number of hydrogen-bond donors (Lipinski definition) is 1. The summed E-state index contributed by atoms with van der Waals surface area (Å²) in [6.07, 6.45) is 4.66. The Bertz CT molecular complexity index is 593. The minimum absolute atomic E-state index is 0.111. The molecule has 8 heteroatoms. The highest BCUT2D eigenvalue weighted by Crippen LogP contribution is 1.99. The molecule has 0 aromatic carbocycles. The number of hydrogen-bond acceptors (Lipinski definition) is 6. The Kier molecular flexibility index (Phi) is 8.38. The quantitative estimate of drug-likeness (QED) is 0.505. The van der Waals surface area contributed by atoms with E-state index in [1.807, 2.05) is 13.8 Å². The van der Waals surface area contributed by atoms with Crippen LogP contribution in [-0.2, 0) is 32.2 Å². The summed E-state index contributed by atoms with van der Waals surface area (Å²) in [5, 5.41) is 10.4. The number of ketones is 1. The number of nitrogens with zero attached hydrogens (tertiary/aromatic N) is 3. The number of rotatable bonds is 10. The summed E-state index contributed by atoms with van der Waals surface area (Å²) in [5.41, 5.74) is 0.564. The van der Waals surface area contributed by atoms with Gasteiger partial charge in [-0.05, 0) is 12.0 Å². The monoisotopic (exact) mass is 336 g/mol. The van der Waals surface area contributed by atoms with Gasteiger partial charge >= 0.3 is 5.97 Å². The summed E-state index contributed by atoms with van der Waals surface area (Å²) >= 11 is 0. The molecular formula is C16H24N4O4. The number of aryl methyl sites for hydroxylation is 1. The van der Waals surface area contributed by atoms with Gasteiger partial charge in [0.2, 0.25) is 5.91 Å². The van der Waals surface area contributed by atoms with Crippen molar-refractivity contribution in [1.82, 2.24) is 20.3 Å². The number of amides is 1. The van der Waals surface area contributed by atoms with E-state index < -0.39 is 0 Å². The van der Waals surface area contributed by atoms with Crippen LogP contribution in [0.3, 0.4) is 0 Å². The van der Waals surface area contributed by atoms with Crippen molar-refractivity contribution in [2.24, 2.45) is 5.92 Å². The fourth-order valence-corrected chi connectivity index (χ4v) is 1.59. The largest absolute Gasteiger partial charge is 0.465 e. The van der Waals surface area contributed by atoms with E-state index in [4.69, 9.17) is 4.74 Å². The normalized spacial score (nSPS) is 11.0. The van der Waals surface area contributed by atoms with E-state index in [1.165, 1.54) is 16.8 Å². The number of allylic oxidation sites excluding steroid dienone is 1. The molecule has 0 saturated heterocycles. The van der Waals surface area contributed by atoms with E-state index in [0.717, 1.165) is 0 Å². The van der Waals surface area contributed by atoms with Crippen molar-refractivity contribution in [1.29, 1.82) is 0 Å². The summed E-state index contributed by atoms with van der Waals surface area (Å²) in [5.74, 6) is -0.457. The third kappa shape index (κ3) is 8.21. The number of carbonyl (C=O) groups is 3. The smallest absolute Gasteiger partial charge is 0.307 e. The Labute approximate surface area is 141 Å². The van der Waals surface area contributed by atoms with E-state index in [9.17, 15) is 14.4 Å². The topological polar surface area (TPSA) is 103 Å². The Balaban J connectivity index is 2.33. The maximum Gasteiger partial charge on any atom is 0.307 e. The second-order valence-corrected chi connectivity index (χ2v) is 5.67. The van der Waals surface area contributed by atoms with Crippen LogP contribution in [0.2, 0.25) is 0 Å². The summed E-state index contributed by atoms with van der Waals surface area (Å²) < 4.78 is 6.60. The highest BCUT2D eigenvalue weighted by atomic mass is 16.5. The lowest BCUT2D eigenvalue weighted by atomic mass is 10.2. The zero-order valence-electron chi connectivity index (χ0n) is 14.3. The van der Waals surface area contributed by atoms with Crippen LogP contribution in [0, 0.1) is 5.92 Å². The molecule has 1 rings (SSSR count). The molecule has 0 atom stereocenters. The molecule has 1 amide bonds. The molecule has 0 unspecified atom stereocenters. The van der Waals surface area contributed by atoms with Crippen LogP contribution >= 0.6 is 0 Å². The maximum absolute atomic E-state index is 11.5. The lowest BCUT2D eigenvalue weighted by Crippen LogP contribution is -2.20. The highest BCUT2D eigenvalue weighted by Gasteiger charge is 2.07. The molecule has 0 radical (unpaired) electrons. The van der Waals surface area contributed by atoms with E-state index in [-0.39, 0.29) is 30.6 Å². The fraction of sp³-hybridized carbons (Fsp3) is 0.562. The molecule has 8 nitrogen and oxygen atoms in total. The first-order valence-corrected chi connectivity index (χ1v) is 7.94. The van der Waals surface area contributed by atoms with Crippen LogP contribution in [0.25, 0.3) is 0 Å². The van der Waals surface area contributed by atoms with Gasteiger partial charge < -0.3 is 10.1 Å². The minimum Gasteiger partial charge on any atom is -0.465 e. The lowest BCUT2D eigenvalue weighted by Gasteiger charge is -2.06. The highest BCUT2D eigenvalue weighted by molar-refractivity contribution is 5.97. The molecule has 0 fully saturated rings. The van der Waals surface area contributed by atoms with Crippen LogP contribution in [0.4, 0.5) is 0 Å². The van der Waals surface area contributed by atoms with Crippen LogP contribution in [0.5, 0.6) is 0 Å². The number of carbonyl (C=O) groups excluding carboxylic acids is 3. The summed E-state index contributed by atoms with van der Waals surface area (Å²) in [7, 11) is 0. The van der Waals surface area contributed by atoms with Crippen molar-refractivity contribution < 1.29 is 19.1 Å². The fourth-order valence-electron chi connectivity index (χ4n) is 1.59. The number of esters is 1. The molecule has 1 aromatic rings. The van der Waals surface area contributed by atoms with Gasteiger partial charge in [-0.2, -0.15) is 0 Å². The van der Waals surface area contributed by atoms with Gasteiger partial charge in [-0.3, -0.25) is 19.1 Å². The van der Waals surface area contributed by atoms with E-state index in [1.54, 1.807) is 13.1 Å². The second kappa shape index (κ2) is 10.3. The van der Waals surface area contributed by atoms with Gasteiger partial charge in [0.1, 0.15) is 5.69 Å². The molecule has 1 heterocycles. The number of nitrogens with one attached hydrogen (secondary N) is 1. The lowest BCUT2D eigenvalue weighted by molar-refractivity contribution is -0.145. The molecule has 1 N–H and O–H groups in total. The second-order valence-electron chi connectivity index (χ2n) is 5.67. The van der Waals surface area contributed by atoms with Gasteiger partial charge in [0, 0.05) is 12.5 Å². The molecule has 0 aliphatic heterocycles. The van der Waals surface area contributed by atoms with E-state index in [0.29, 0.717) is 31.2 Å².